The number of hydrogen-bond donors (Lipinski definition) is 2. The van der Waals surface area contributed by atoms with Crippen LogP contribution in [-0.2, 0) is 19.1 Å². The number of nitrogens with two attached hydrogens (primary N) is 2. The van der Waals surface area contributed by atoms with Gasteiger partial charge in [0.15, 0.2) is 0 Å². The topological polar surface area (TPSA) is 105 Å². The van der Waals surface area contributed by atoms with E-state index in [1.807, 2.05) is 0 Å². The maximum absolute atomic E-state index is 11.0. The lowest BCUT2D eigenvalue weighted by molar-refractivity contribution is -0.143. The zero-order valence-corrected chi connectivity index (χ0v) is 10.5. The highest BCUT2D eigenvalue weighted by atomic mass is 16.5. The van der Waals surface area contributed by atoms with Crippen molar-refractivity contribution in [1.29, 1.82) is 0 Å². The van der Waals surface area contributed by atoms with Crippen molar-refractivity contribution >= 4 is 11.9 Å². The molecular formula is C11H22N2O4. The summed E-state index contributed by atoms with van der Waals surface area (Å²) in [6.45, 7) is 0. The second-order valence-corrected chi connectivity index (χ2v) is 3.90. The summed E-state index contributed by atoms with van der Waals surface area (Å²) in [4.78, 5) is 22.0. The Morgan fingerprint density at radius 3 is 1.53 bits per heavy atom. The highest BCUT2D eigenvalue weighted by molar-refractivity contribution is 5.75. The van der Waals surface area contributed by atoms with E-state index < -0.39 is 24.0 Å². The van der Waals surface area contributed by atoms with Crippen LogP contribution in [0.1, 0.15) is 32.1 Å². The smallest absolute Gasteiger partial charge is 0.322 e. The average molecular weight is 246 g/mol. The van der Waals surface area contributed by atoms with Gasteiger partial charge < -0.3 is 20.9 Å². The fourth-order valence-electron chi connectivity index (χ4n) is 1.44. The lowest BCUT2D eigenvalue weighted by Crippen LogP contribution is -2.32. The van der Waals surface area contributed by atoms with E-state index in [9.17, 15) is 9.59 Å². The molecule has 0 heterocycles. The first-order valence-corrected chi connectivity index (χ1v) is 5.69. The summed E-state index contributed by atoms with van der Waals surface area (Å²) in [5.74, 6) is -0.785. The molecule has 0 aromatic rings. The van der Waals surface area contributed by atoms with Crippen molar-refractivity contribution < 1.29 is 19.1 Å². The summed E-state index contributed by atoms with van der Waals surface area (Å²) in [5, 5.41) is 0. The third kappa shape index (κ3) is 6.91. The van der Waals surface area contributed by atoms with Crippen molar-refractivity contribution in [3.05, 3.63) is 0 Å². The molecule has 0 aliphatic heterocycles. The van der Waals surface area contributed by atoms with Gasteiger partial charge in [0.25, 0.3) is 0 Å². The van der Waals surface area contributed by atoms with Crippen LogP contribution in [0.15, 0.2) is 0 Å². The predicted molar refractivity (Wildman–Crippen MR) is 63.1 cm³/mol. The molecule has 17 heavy (non-hydrogen) atoms. The summed E-state index contributed by atoms with van der Waals surface area (Å²) in [6.07, 6.45) is 3.66. The molecule has 0 aromatic heterocycles. The van der Waals surface area contributed by atoms with E-state index in [-0.39, 0.29) is 0 Å². The minimum Gasteiger partial charge on any atom is -0.468 e. The zero-order chi connectivity index (χ0) is 13.3. The molecule has 0 fully saturated rings. The predicted octanol–water partition coefficient (Wildman–Crippen LogP) is -0.0625. The van der Waals surface area contributed by atoms with Crippen molar-refractivity contribution in [2.24, 2.45) is 11.5 Å². The Labute approximate surface area is 102 Å². The van der Waals surface area contributed by atoms with E-state index in [0.717, 1.165) is 19.3 Å². The van der Waals surface area contributed by atoms with E-state index in [4.69, 9.17) is 11.5 Å². The lowest BCUT2D eigenvalue weighted by Gasteiger charge is -2.10. The fraction of sp³-hybridized carbons (Fsp3) is 0.818. The van der Waals surface area contributed by atoms with Gasteiger partial charge in [-0.05, 0) is 12.8 Å². The SMILES string of the molecule is COC(=O)[C@@H](N)CCCCC[C@H](N)C(=O)OC. The molecule has 2 atom stereocenters. The third-order valence-corrected chi connectivity index (χ3v) is 2.54. The van der Waals surface area contributed by atoms with E-state index in [1.54, 1.807) is 0 Å². The Hall–Kier alpha value is -1.14. The van der Waals surface area contributed by atoms with Gasteiger partial charge in [-0.2, -0.15) is 0 Å². The minimum atomic E-state index is -0.561. The number of hydrogen-bond acceptors (Lipinski definition) is 6. The monoisotopic (exact) mass is 246 g/mol. The number of carbonyl (C=O) groups is 2. The van der Waals surface area contributed by atoms with Crippen LogP contribution in [0, 0.1) is 0 Å². The maximum Gasteiger partial charge on any atom is 0.322 e. The van der Waals surface area contributed by atoms with Crippen LogP contribution < -0.4 is 11.5 Å². The molecule has 0 radical (unpaired) electrons. The van der Waals surface area contributed by atoms with Gasteiger partial charge in [-0.1, -0.05) is 19.3 Å². The number of ether oxygens (including phenoxy) is 2. The van der Waals surface area contributed by atoms with Crippen molar-refractivity contribution in [3.8, 4) is 0 Å². The molecule has 0 aromatic carbocycles. The van der Waals surface area contributed by atoms with Gasteiger partial charge in [0.1, 0.15) is 12.1 Å². The molecule has 6 nitrogen and oxygen atoms in total. The molecular weight excluding hydrogens is 224 g/mol. The molecule has 4 N–H and O–H groups in total. The first-order valence-electron chi connectivity index (χ1n) is 5.69. The van der Waals surface area contributed by atoms with Crippen LogP contribution in [0.2, 0.25) is 0 Å². The molecule has 6 heteroatoms. The zero-order valence-electron chi connectivity index (χ0n) is 10.5. The number of rotatable bonds is 8. The largest absolute Gasteiger partial charge is 0.468 e. The molecule has 0 saturated carbocycles. The quantitative estimate of drug-likeness (QED) is 0.459. The molecule has 0 bridgehead atoms. The van der Waals surface area contributed by atoms with E-state index in [2.05, 4.69) is 9.47 Å². The van der Waals surface area contributed by atoms with Gasteiger partial charge in [-0.15, -0.1) is 0 Å². The van der Waals surface area contributed by atoms with E-state index >= 15 is 0 Å². The van der Waals surface area contributed by atoms with Crippen LogP contribution in [0.4, 0.5) is 0 Å². The average Bonchev–Trinajstić information content (AvgIpc) is 2.35. The molecule has 0 aliphatic rings. The van der Waals surface area contributed by atoms with Gasteiger partial charge in [0, 0.05) is 0 Å². The van der Waals surface area contributed by atoms with Crippen LogP contribution in [0.5, 0.6) is 0 Å². The van der Waals surface area contributed by atoms with Crippen molar-refractivity contribution in [1.82, 2.24) is 0 Å². The fourth-order valence-corrected chi connectivity index (χ4v) is 1.44. The molecule has 0 rings (SSSR count). The summed E-state index contributed by atoms with van der Waals surface area (Å²) in [7, 11) is 2.63. The highest BCUT2D eigenvalue weighted by Crippen LogP contribution is 2.07. The van der Waals surface area contributed by atoms with E-state index in [1.165, 1.54) is 14.2 Å². The van der Waals surface area contributed by atoms with Gasteiger partial charge >= 0.3 is 11.9 Å². The standard InChI is InChI=1S/C11H22N2O4/c1-16-10(14)8(12)6-4-3-5-7-9(13)11(15)17-2/h8-9H,3-7,12-13H2,1-2H3/t8-,9-/m0/s1. The molecule has 100 valence electrons. The number of methoxy groups -OCH3 is 2. The summed E-state index contributed by atoms with van der Waals surface area (Å²) >= 11 is 0. The summed E-state index contributed by atoms with van der Waals surface area (Å²) in [5.41, 5.74) is 11.1. The van der Waals surface area contributed by atoms with Crippen LogP contribution in [0.25, 0.3) is 0 Å². The molecule has 0 spiro atoms. The van der Waals surface area contributed by atoms with Gasteiger partial charge in [0.05, 0.1) is 14.2 Å². The van der Waals surface area contributed by atoms with Crippen LogP contribution in [-0.4, -0.2) is 38.2 Å². The Morgan fingerprint density at radius 1 is 0.882 bits per heavy atom. The number of carbonyl (C=O) groups excluding carboxylic acids is 2. The lowest BCUT2D eigenvalue weighted by atomic mass is 10.1. The molecule has 0 unspecified atom stereocenters. The highest BCUT2D eigenvalue weighted by Gasteiger charge is 2.14. The molecule has 0 aliphatic carbocycles. The molecule has 0 saturated heterocycles. The Balaban J connectivity index is 3.53. The number of esters is 2. The van der Waals surface area contributed by atoms with E-state index in [0.29, 0.717) is 12.8 Å². The maximum atomic E-state index is 11.0. The van der Waals surface area contributed by atoms with Gasteiger partial charge in [-0.3, -0.25) is 9.59 Å². The third-order valence-electron chi connectivity index (χ3n) is 2.54. The first kappa shape index (κ1) is 15.9. The Bertz CT molecular complexity index is 222. The van der Waals surface area contributed by atoms with Gasteiger partial charge in [0.2, 0.25) is 0 Å². The Morgan fingerprint density at radius 2 is 1.24 bits per heavy atom. The second kappa shape index (κ2) is 8.95. The summed E-state index contributed by atoms with van der Waals surface area (Å²) < 4.78 is 9.02. The van der Waals surface area contributed by atoms with Gasteiger partial charge in [-0.25, -0.2) is 0 Å². The minimum absolute atomic E-state index is 0.392. The molecule has 0 amide bonds. The van der Waals surface area contributed by atoms with Crippen molar-refractivity contribution in [2.75, 3.05) is 14.2 Å². The summed E-state index contributed by atoms with van der Waals surface area (Å²) in [6, 6.07) is -1.12. The van der Waals surface area contributed by atoms with Crippen molar-refractivity contribution in [2.45, 2.75) is 44.2 Å². The van der Waals surface area contributed by atoms with Crippen molar-refractivity contribution in [3.63, 3.8) is 0 Å². The first-order chi connectivity index (χ1) is 8.02. The Kier molecular flexibility index (Phi) is 8.35. The van der Waals surface area contributed by atoms with Crippen LogP contribution >= 0.6 is 0 Å². The normalized spacial score (nSPS) is 13.9. The number of unbranched alkanes of at least 4 members (excludes halogenated alkanes) is 2. The van der Waals surface area contributed by atoms with Crippen LogP contribution in [0.3, 0.4) is 0 Å². The second-order valence-electron chi connectivity index (χ2n) is 3.90.